The predicted octanol–water partition coefficient (Wildman–Crippen LogP) is -0.0782. The molecule has 0 aromatic heterocycles. The van der Waals surface area contributed by atoms with Crippen molar-refractivity contribution in [2.24, 2.45) is 0 Å². The molecule has 0 aromatic carbocycles. The molecule has 0 saturated carbocycles. The van der Waals surface area contributed by atoms with E-state index in [4.69, 9.17) is 5.26 Å². The SMILES string of the molecule is N#CCCCCC[B-](F)(F)F.[K+]. The molecule has 12 heavy (non-hydrogen) atoms. The second kappa shape index (κ2) is 8.57. The molecular weight excluding hydrogens is 193 g/mol. The third-order valence-corrected chi connectivity index (χ3v) is 1.32. The van der Waals surface area contributed by atoms with E-state index >= 15 is 0 Å². The van der Waals surface area contributed by atoms with Gasteiger partial charge in [0.1, 0.15) is 0 Å². The Balaban J connectivity index is 0. The Hall–Kier alpha value is 0.981. The van der Waals surface area contributed by atoms with Crippen molar-refractivity contribution in [1.29, 1.82) is 5.26 Å². The van der Waals surface area contributed by atoms with Crippen molar-refractivity contribution in [3.8, 4) is 6.07 Å². The summed E-state index contributed by atoms with van der Waals surface area (Å²) in [7, 11) is 0. The fourth-order valence-electron chi connectivity index (χ4n) is 0.757. The fraction of sp³-hybridized carbons (Fsp3) is 0.833. The summed E-state index contributed by atoms with van der Waals surface area (Å²) in [5.41, 5.74) is 0. The van der Waals surface area contributed by atoms with Crippen LogP contribution in [0.4, 0.5) is 12.9 Å². The molecular formula is C6H10BF3KN. The zero-order valence-corrected chi connectivity index (χ0v) is 10.3. The molecule has 0 saturated heterocycles. The zero-order valence-electron chi connectivity index (χ0n) is 7.19. The van der Waals surface area contributed by atoms with E-state index in [1.807, 2.05) is 6.07 Å². The number of unbranched alkanes of at least 4 members (excludes halogenated alkanes) is 3. The average molecular weight is 203 g/mol. The molecule has 6 heteroatoms. The second-order valence-corrected chi connectivity index (χ2v) is 2.47. The maximum Gasteiger partial charge on any atom is 1.00 e. The van der Waals surface area contributed by atoms with Crippen molar-refractivity contribution in [3.63, 3.8) is 0 Å². The Bertz CT molecular complexity index is 143. The van der Waals surface area contributed by atoms with Crippen LogP contribution in [0, 0.1) is 11.3 Å². The molecule has 0 N–H and O–H groups in total. The van der Waals surface area contributed by atoms with Crippen molar-refractivity contribution in [3.05, 3.63) is 0 Å². The molecule has 0 rings (SSSR count). The van der Waals surface area contributed by atoms with Gasteiger partial charge in [-0.15, -0.1) is 0 Å². The maximum atomic E-state index is 11.6. The maximum absolute atomic E-state index is 11.6. The Morgan fingerprint density at radius 1 is 1.08 bits per heavy atom. The number of nitrogens with zero attached hydrogens (tertiary/aromatic N) is 1. The normalized spacial score (nSPS) is 10.2. The van der Waals surface area contributed by atoms with Crippen LogP contribution in [0.2, 0.25) is 6.32 Å². The summed E-state index contributed by atoms with van der Waals surface area (Å²) in [4.78, 5) is 0. The minimum atomic E-state index is -4.60. The standard InChI is InChI=1S/C6H10BF3N.K/c8-7(9,10)5-3-1-2-4-6-11;/h1-5H2;/q-1;+1. The van der Waals surface area contributed by atoms with Crippen LogP contribution in [0.25, 0.3) is 0 Å². The van der Waals surface area contributed by atoms with E-state index in [1.165, 1.54) is 0 Å². The predicted molar refractivity (Wildman–Crippen MR) is 38.0 cm³/mol. The number of rotatable bonds is 5. The Kier molecular flexibility index (Phi) is 11.0. The van der Waals surface area contributed by atoms with Crippen LogP contribution in [0.5, 0.6) is 0 Å². The molecule has 0 aliphatic heterocycles. The third-order valence-electron chi connectivity index (χ3n) is 1.32. The number of hydrogen-bond donors (Lipinski definition) is 0. The largest absolute Gasteiger partial charge is 1.00 e. The van der Waals surface area contributed by atoms with Crippen LogP contribution in [0.15, 0.2) is 0 Å². The number of hydrogen-bond acceptors (Lipinski definition) is 1. The third kappa shape index (κ3) is 13.6. The van der Waals surface area contributed by atoms with Gasteiger partial charge in [0.25, 0.3) is 0 Å². The number of halogens is 3. The van der Waals surface area contributed by atoms with Crippen molar-refractivity contribution in [2.75, 3.05) is 0 Å². The molecule has 0 unspecified atom stereocenters. The summed E-state index contributed by atoms with van der Waals surface area (Å²) in [6.45, 7) is -4.60. The summed E-state index contributed by atoms with van der Waals surface area (Å²) in [6, 6.07) is 1.89. The van der Waals surface area contributed by atoms with E-state index in [1.54, 1.807) is 0 Å². The van der Waals surface area contributed by atoms with Crippen LogP contribution in [-0.4, -0.2) is 6.98 Å². The van der Waals surface area contributed by atoms with Crippen molar-refractivity contribution in [2.45, 2.75) is 32.0 Å². The van der Waals surface area contributed by atoms with Gasteiger partial charge >= 0.3 is 58.4 Å². The zero-order chi connectivity index (χ0) is 8.74. The molecule has 64 valence electrons. The molecule has 0 aliphatic rings. The van der Waals surface area contributed by atoms with E-state index in [2.05, 4.69) is 0 Å². The summed E-state index contributed by atoms with van der Waals surface area (Å²) >= 11 is 0. The van der Waals surface area contributed by atoms with Crippen molar-refractivity contribution < 1.29 is 64.3 Å². The van der Waals surface area contributed by atoms with Gasteiger partial charge in [-0.2, -0.15) is 5.26 Å². The number of nitriles is 1. The summed E-state index contributed by atoms with van der Waals surface area (Å²) in [6.07, 6.45) is 0.971. The molecule has 1 nitrogen and oxygen atoms in total. The smallest absolute Gasteiger partial charge is 0.449 e. The summed E-state index contributed by atoms with van der Waals surface area (Å²) < 4.78 is 34.7. The average Bonchev–Trinajstić information content (AvgIpc) is 1.85. The van der Waals surface area contributed by atoms with Gasteiger partial charge in [-0.1, -0.05) is 19.2 Å². The van der Waals surface area contributed by atoms with Crippen LogP contribution in [0.1, 0.15) is 25.7 Å². The topological polar surface area (TPSA) is 23.8 Å². The molecule has 0 spiro atoms. The van der Waals surface area contributed by atoms with Gasteiger partial charge in [0.15, 0.2) is 0 Å². The van der Waals surface area contributed by atoms with Gasteiger partial charge in [0.2, 0.25) is 0 Å². The molecule has 0 heterocycles. The molecule has 0 aromatic rings. The first kappa shape index (κ1) is 15.5. The Morgan fingerprint density at radius 3 is 2.08 bits per heavy atom. The van der Waals surface area contributed by atoms with Gasteiger partial charge in [-0.3, -0.25) is 0 Å². The fourth-order valence-corrected chi connectivity index (χ4v) is 0.757. The van der Waals surface area contributed by atoms with E-state index in [-0.39, 0.29) is 57.8 Å². The van der Waals surface area contributed by atoms with Crippen molar-refractivity contribution >= 4 is 6.98 Å². The molecule has 0 atom stereocenters. The Labute approximate surface area is 113 Å². The van der Waals surface area contributed by atoms with Gasteiger partial charge in [-0.05, 0) is 6.42 Å². The van der Waals surface area contributed by atoms with Gasteiger partial charge in [0.05, 0.1) is 6.07 Å². The first-order valence-corrected chi connectivity index (χ1v) is 3.64. The first-order valence-electron chi connectivity index (χ1n) is 3.64. The van der Waals surface area contributed by atoms with Crippen LogP contribution < -0.4 is 51.4 Å². The van der Waals surface area contributed by atoms with Gasteiger partial charge in [0, 0.05) is 6.42 Å². The molecule has 0 fully saturated rings. The van der Waals surface area contributed by atoms with Crippen molar-refractivity contribution in [1.82, 2.24) is 0 Å². The van der Waals surface area contributed by atoms with E-state index in [0.29, 0.717) is 19.3 Å². The monoisotopic (exact) mass is 203 g/mol. The van der Waals surface area contributed by atoms with Crippen LogP contribution >= 0.6 is 0 Å². The van der Waals surface area contributed by atoms with E-state index in [9.17, 15) is 12.9 Å². The molecule has 0 aliphatic carbocycles. The quantitative estimate of drug-likeness (QED) is 0.453. The van der Waals surface area contributed by atoms with Crippen LogP contribution in [-0.2, 0) is 0 Å². The van der Waals surface area contributed by atoms with Gasteiger partial charge < -0.3 is 12.9 Å². The van der Waals surface area contributed by atoms with Crippen LogP contribution in [0.3, 0.4) is 0 Å². The van der Waals surface area contributed by atoms with E-state index in [0.717, 1.165) is 0 Å². The molecule has 0 amide bonds. The minimum absolute atomic E-state index is 0. The molecule has 0 bridgehead atoms. The first-order chi connectivity index (χ1) is 5.06. The summed E-state index contributed by atoms with van der Waals surface area (Å²) in [5.74, 6) is 0. The van der Waals surface area contributed by atoms with Gasteiger partial charge in [-0.25, -0.2) is 0 Å². The van der Waals surface area contributed by atoms with E-state index < -0.39 is 13.3 Å². The minimum Gasteiger partial charge on any atom is -0.449 e. The summed E-state index contributed by atoms with van der Waals surface area (Å²) in [5, 5.41) is 8.06. The molecule has 0 radical (unpaired) electrons. The second-order valence-electron chi connectivity index (χ2n) is 2.47. The Morgan fingerprint density at radius 2 is 1.67 bits per heavy atom.